The topological polar surface area (TPSA) is 21.3 Å². The standard InChI is InChI=1S/C15H15BrClNO/c1-10(11-4-3-5-12(16)8-11)18-14-9-13(17)6-7-15(14)19-2/h3-10,18H,1-2H3. The van der Waals surface area contributed by atoms with Gasteiger partial charge in [-0.2, -0.15) is 0 Å². The highest BCUT2D eigenvalue weighted by molar-refractivity contribution is 9.10. The molecule has 0 aromatic heterocycles. The molecule has 100 valence electrons. The molecule has 1 N–H and O–H groups in total. The second kappa shape index (κ2) is 6.31. The Balaban J connectivity index is 2.23. The molecule has 0 amide bonds. The summed E-state index contributed by atoms with van der Waals surface area (Å²) >= 11 is 9.51. The molecule has 0 heterocycles. The molecule has 0 bridgehead atoms. The normalized spacial score (nSPS) is 12.0. The van der Waals surface area contributed by atoms with E-state index in [1.807, 2.05) is 30.3 Å². The van der Waals surface area contributed by atoms with Gasteiger partial charge in [-0.1, -0.05) is 39.7 Å². The average molecular weight is 341 g/mol. The van der Waals surface area contributed by atoms with Crippen molar-refractivity contribution in [1.29, 1.82) is 0 Å². The minimum absolute atomic E-state index is 0.157. The zero-order chi connectivity index (χ0) is 13.8. The quantitative estimate of drug-likeness (QED) is 0.817. The van der Waals surface area contributed by atoms with E-state index in [9.17, 15) is 0 Å². The van der Waals surface area contributed by atoms with Crippen LogP contribution in [0.5, 0.6) is 5.75 Å². The maximum atomic E-state index is 6.03. The lowest BCUT2D eigenvalue weighted by atomic mass is 10.1. The molecule has 2 aromatic rings. The van der Waals surface area contributed by atoms with Gasteiger partial charge in [0.05, 0.1) is 12.8 Å². The number of nitrogens with one attached hydrogen (secondary N) is 1. The average Bonchev–Trinajstić information content (AvgIpc) is 2.39. The minimum atomic E-state index is 0.157. The Labute approximate surface area is 126 Å². The fourth-order valence-electron chi connectivity index (χ4n) is 1.89. The summed E-state index contributed by atoms with van der Waals surface area (Å²) < 4.78 is 6.40. The first-order valence-corrected chi connectivity index (χ1v) is 7.13. The Hall–Kier alpha value is -1.19. The van der Waals surface area contributed by atoms with E-state index in [0.29, 0.717) is 5.02 Å². The van der Waals surface area contributed by atoms with Gasteiger partial charge < -0.3 is 10.1 Å². The van der Waals surface area contributed by atoms with E-state index < -0.39 is 0 Å². The molecular weight excluding hydrogens is 326 g/mol. The van der Waals surface area contributed by atoms with Crippen molar-refractivity contribution in [3.63, 3.8) is 0 Å². The molecule has 1 unspecified atom stereocenters. The van der Waals surface area contributed by atoms with Crippen molar-refractivity contribution in [2.75, 3.05) is 12.4 Å². The highest BCUT2D eigenvalue weighted by Gasteiger charge is 2.09. The molecular formula is C15H15BrClNO. The summed E-state index contributed by atoms with van der Waals surface area (Å²) in [5.74, 6) is 0.784. The van der Waals surface area contributed by atoms with Crippen LogP contribution >= 0.6 is 27.5 Å². The highest BCUT2D eigenvalue weighted by Crippen LogP contribution is 2.31. The third-order valence-corrected chi connectivity index (χ3v) is 3.61. The fourth-order valence-corrected chi connectivity index (χ4v) is 2.47. The van der Waals surface area contributed by atoms with Crippen LogP contribution < -0.4 is 10.1 Å². The van der Waals surface area contributed by atoms with Gasteiger partial charge >= 0.3 is 0 Å². The lowest BCUT2D eigenvalue weighted by Gasteiger charge is -2.18. The van der Waals surface area contributed by atoms with E-state index in [-0.39, 0.29) is 6.04 Å². The van der Waals surface area contributed by atoms with Crippen LogP contribution in [0.25, 0.3) is 0 Å². The lowest BCUT2D eigenvalue weighted by molar-refractivity contribution is 0.416. The zero-order valence-corrected chi connectivity index (χ0v) is 13.1. The Bertz CT molecular complexity index is 574. The van der Waals surface area contributed by atoms with E-state index in [1.54, 1.807) is 7.11 Å². The van der Waals surface area contributed by atoms with Crippen LogP contribution in [0.2, 0.25) is 5.02 Å². The van der Waals surface area contributed by atoms with Gasteiger partial charge in [0.2, 0.25) is 0 Å². The van der Waals surface area contributed by atoms with Crippen molar-refractivity contribution >= 4 is 33.2 Å². The highest BCUT2D eigenvalue weighted by atomic mass is 79.9. The summed E-state index contributed by atoms with van der Waals surface area (Å²) in [6, 6.07) is 13.9. The fraction of sp³-hybridized carbons (Fsp3) is 0.200. The summed E-state index contributed by atoms with van der Waals surface area (Å²) in [6.45, 7) is 2.10. The van der Waals surface area contributed by atoms with Crippen molar-refractivity contribution in [1.82, 2.24) is 0 Å². The number of hydrogen-bond acceptors (Lipinski definition) is 2. The monoisotopic (exact) mass is 339 g/mol. The number of anilines is 1. The third-order valence-electron chi connectivity index (χ3n) is 2.88. The predicted molar refractivity (Wildman–Crippen MR) is 84.2 cm³/mol. The van der Waals surface area contributed by atoms with Crippen molar-refractivity contribution < 1.29 is 4.74 Å². The van der Waals surface area contributed by atoms with Crippen LogP contribution in [0.3, 0.4) is 0 Å². The number of halogens is 2. The molecule has 0 aliphatic heterocycles. The van der Waals surface area contributed by atoms with Crippen molar-refractivity contribution in [2.24, 2.45) is 0 Å². The Morgan fingerprint density at radius 3 is 2.68 bits per heavy atom. The maximum absolute atomic E-state index is 6.03. The zero-order valence-electron chi connectivity index (χ0n) is 10.8. The first kappa shape index (κ1) is 14.2. The summed E-state index contributed by atoms with van der Waals surface area (Å²) in [7, 11) is 1.65. The molecule has 0 aliphatic rings. The van der Waals surface area contributed by atoms with E-state index in [0.717, 1.165) is 15.9 Å². The van der Waals surface area contributed by atoms with Crippen molar-refractivity contribution in [3.05, 3.63) is 57.5 Å². The molecule has 0 fully saturated rings. The largest absolute Gasteiger partial charge is 0.495 e. The molecule has 0 saturated carbocycles. The van der Waals surface area contributed by atoms with Gasteiger partial charge in [0.1, 0.15) is 5.75 Å². The molecule has 2 nitrogen and oxygen atoms in total. The molecule has 19 heavy (non-hydrogen) atoms. The summed E-state index contributed by atoms with van der Waals surface area (Å²) in [6.07, 6.45) is 0. The molecule has 0 radical (unpaired) electrons. The van der Waals surface area contributed by atoms with Gasteiger partial charge in [-0.3, -0.25) is 0 Å². The van der Waals surface area contributed by atoms with Crippen LogP contribution in [0, 0.1) is 0 Å². The number of benzene rings is 2. The molecule has 1 atom stereocenters. The molecule has 4 heteroatoms. The van der Waals surface area contributed by atoms with E-state index in [1.165, 1.54) is 5.56 Å². The van der Waals surface area contributed by atoms with Crippen LogP contribution in [-0.2, 0) is 0 Å². The smallest absolute Gasteiger partial charge is 0.142 e. The first-order chi connectivity index (χ1) is 9.10. The van der Waals surface area contributed by atoms with Crippen molar-refractivity contribution in [3.8, 4) is 5.75 Å². The van der Waals surface area contributed by atoms with E-state index >= 15 is 0 Å². The van der Waals surface area contributed by atoms with Gasteiger partial charge in [0.25, 0.3) is 0 Å². The van der Waals surface area contributed by atoms with E-state index in [4.69, 9.17) is 16.3 Å². The number of ether oxygens (including phenoxy) is 1. The second-order valence-electron chi connectivity index (χ2n) is 4.27. The maximum Gasteiger partial charge on any atom is 0.142 e. The molecule has 2 rings (SSSR count). The van der Waals surface area contributed by atoms with Gasteiger partial charge in [0.15, 0.2) is 0 Å². The summed E-state index contributed by atoms with van der Waals surface area (Å²) in [5, 5.41) is 4.10. The lowest BCUT2D eigenvalue weighted by Crippen LogP contribution is -2.07. The molecule has 0 saturated heterocycles. The molecule has 2 aromatic carbocycles. The van der Waals surface area contributed by atoms with Gasteiger partial charge in [-0.15, -0.1) is 0 Å². The minimum Gasteiger partial charge on any atom is -0.495 e. The Morgan fingerprint density at radius 1 is 1.21 bits per heavy atom. The molecule has 0 aliphatic carbocycles. The van der Waals surface area contributed by atoms with E-state index in [2.05, 4.69) is 40.3 Å². The molecule has 0 spiro atoms. The number of rotatable bonds is 4. The van der Waals surface area contributed by atoms with Crippen LogP contribution in [0.15, 0.2) is 46.9 Å². The Morgan fingerprint density at radius 2 is 2.00 bits per heavy atom. The van der Waals surface area contributed by atoms with Crippen LogP contribution in [0.1, 0.15) is 18.5 Å². The van der Waals surface area contributed by atoms with Gasteiger partial charge in [-0.25, -0.2) is 0 Å². The second-order valence-corrected chi connectivity index (χ2v) is 5.62. The van der Waals surface area contributed by atoms with Crippen LogP contribution in [0.4, 0.5) is 5.69 Å². The first-order valence-electron chi connectivity index (χ1n) is 5.95. The third kappa shape index (κ3) is 3.64. The Kier molecular flexibility index (Phi) is 4.72. The van der Waals surface area contributed by atoms with Gasteiger partial charge in [0, 0.05) is 15.5 Å². The van der Waals surface area contributed by atoms with Crippen LogP contribution in [-0.4, -0.2) is 7.11 Å². The summed E-state index contributed by atoms with van der Waals surface area (Å²) in [4.78, 5) is 0. The SMILES string of the molecule is COc1ccc(Cl)cc1NC(C)c1cccc(Br)c1. The summed E-state index contributed by atoms with van der Waals surface area (Å²) in [5.41, 5.74) is 2.08. The van der Waals surface area contributed by atoms with Gasteiger partial charge in [-0.05, 0) is 42.8 Å². The number of methoxy groups -OCH3 is 1. The predicted octanol–water partition coefficient (Wildman–Crippen LogP) is 5.28. The number of hydrogen-bond donors (Lipinski definition) is 1. The van der Waals surface area contributed by atoms with Crippen molar-refractivity contribution in [2.45, 2.75) is 13.0 Å².